The third-order valence-electron chi connectivity index (χ3n) is 5.39. The van der Waals surface area contributed by atoms with Crippen molar-refractivity contribution in [3.63, 3.8) is 0 Å². The van der Waals surface area contributed by atoms with E-state index in [2.05, 4.69) is 62.8 Å². The van der Waals surface area contributed by atoms with Crippen molar-refractivity contribution >= 4 is 46.5 Å². The fraction of sp³-hybridized carbons (Fsp3) is 0.677. The van der Waals surface area contributed by atoms with Crippen LogP contribution in [-0.4, -0.2) is 59.4 Å². The van der Waals surface area contributed by atoms with E-state index in [1.165, 1.54) is 9.13 Å². The van der Waals surface area contributed by atoms with Gasteiger partial charge in [0.15, 0.2) is 0 Å². The molecule has 0 heterocycles. The molecular formula is C31H50IN3O7. The second kappa shape index (κ2) is 17.0. The maximum absolute atomic E-state index is 13.0. The lowest BCUT2D eigenvalue weighted by Crippen LogP contribution is -2.53. The molecule has 238 valence electrons. The van der Waals surface area contributed by atoms with Crippen molar-refractivity contribution in [3.05, 3.63) is 33.4 Å². The van der Waals surface area contributed by atoms with Crippen LogP contribution in [0.2, 0.25) is 0 Å². The van der Waals surface area contributed by atoms with Gasteiger partial charge in [-0.15, -0.1) is 0 Å². The number of urea groups is 1. The molecule has 0 saturated heterocycles. The zero-order chi connectivity index (χ0) is 32.1. The lowest BCUT2D eigenvalue weighted by Gasteiger charge is -2.27. The van der Waals surface area contributed by atoms with Crippen LogP contribution in [0.4, 0.5) is 4.79 Å². The van der Waals surface area contributed by atoms with E-state index in [0.29, 0.717) is 12.8 Å². The predicted octanol–water partition coefficient (Wildman–Crippen LogP) is 5.39. The maximum Gasteiger partial charge on any atom is 0.329 e. The van der Waals surface area contributed by atoms with Gasteiger partial charge >= 0.3 is 23.9 Å². The number of unbranched alkanes of at least 4 members (excludes halogenated alkanes) is 1. The number of nitrogens with one attached hydrogen (secondary N) is 3. The van der Waals surface area contributed by atoms with E-state index in [1.54, 1.807) is 62.3 Å². The molecule has 0 saturated carbocycles. The van der Waals surface area contributed by atoms with Crippen LogP contribution in [0.3, 0.4) is 0 Å². The van der Waals surface area contributed by atoms with E-state index in [1.807, 2.05) is 0 Å². The molecule has 0 spiro atoms. The second-order valence-electron chi connectivity index (χ2n) is 13.2. The normalized spacial score (nSPS) is 13.5. The summed E-state index contributed by atoms with van der Waals surface area (Å²) in [7, 11) is 0. The number of ether oxygens (including phenoxy) is 3. The highest BCUT2D eigenvalue weighted by Gasteiger charge is 2.31. The SMILES string of the molecule is CC(C)(C)OC(=O)CC[C@H](NC(=O)N[C@@H](CCCCNCc1ccc(I)cc1)C(=O)OC(C)(C)C)C(=O)OC(C)(C)C. The van der Waals surface area contributed by atoms with E-state index in [4.69, 9.17) is 14.2 Å². The van der Waals surface area contributed by atoms with Gasteiger partial charge in [0.05, 0.1) is 0 Å². The number of esters is 3. The summed E-state index contributed by atoms with van der Waals surface area (Å²) in [6, 6.07) is 5.49. The summed E-state index contributed by atoms with van der Waals surface area (Å²) in [4.78, 5) is 51.1. The van der Waals surface area contributed by atoms with Crippen molar-refractivity contribution in [1.29, 1.82) is 0 Å². The molecule has 1 aromatic carbocycles. The van der Waals surface area contributed by atoms with Gasteiger partial charge in [0.2, 0.25) is 0 Å². The summed E-state index contributed by atoms with van der Waals surface area (Å²) in [5.41, 5.74) is -1.04. The van der Waals surface area contributed by atoms with Crippen LogP contribution in [0.25, 0.3) is 0 Å². The minimum absolute atomic E-state index is 0.0272. The molecule has 1 aromatic rings. The zero-order valence-corrected chi connectivity index (χ0v) is 28.8. The Kier molecular flexibility index (Phi) is 15.2. The maximum atomic E-state index is 13.0. The van der Waals surface area contributed by atoms with Crippen molar-refractivity contribution in [2.45, 2.75) is 130 Å². The Balaban J connectivity index is 2.80. The van der Waals surface area contributed by atoms with Crippen LogP contribution in [-0.2, 0) is 35.1 Å². The fourth-order valence-corrected chi connectivity index (χ4v) is 4.05. The Morgan fingerprint density at radius 3 is 1.67 bits per heavy atom. The quantitative estimate of drug-likeness (QED) is 0.102. The van der Waals surface area contributed by atoms with Crippen LogP contribution >= 0.6 is 22.6 Å². The fourth-order valence-electron chi connectivity index (χ4n) is 3.69. The molecule has 10 nitrogen and oxygen atoms in total. The van der Waals surface area contributed by atoms with Crippen LogP contribution in [0.15, 0.2) is 24.3 Å². The Morgan fingerprint density at radius 1 is 0.714 bits per heavy atom. The topological polar surface area (TPSA) is 132 Å². The average Bonchev–Trinajstić information content (AvgIpc) is 2.80. The molecule has 0 aromatic heterocycles. The summed E-state index contributed by atoms with van der Waals surface area (Å²) in [5.74, 6) is -1.75. The van der Waals surface area contributed by atoms with Gasteiger partial charge in [-0.3, -0.25) is 4.79 Å². The van der Waals surface area contributed by atoms with E-state index < -0.39 is 52.8 Å². The second-order valence-corrected chi connectivity index (χ2v) is 14.5. The highest BCUT2D eigenvalue weighted by Crippen LogP contribution is 2.15. The molecule has 2 amide bonds. The lowest BCUT2D eigenvalue weighted by atomic mass is 10.1. The van der Waals surface area contributed by atoms with Crippen LogP contribution < -0.4 is 16.0 Å². The lowest BCUT2D eigenvalue weighted by molar-refractivity contribution is -0.159. The Bertz CT molecular complexity index is 1020. The van der Waals surface area contributed by atoms with Gasteiger partial charge < -0.3 is 30.2 Å². The number of amides is 2. The highest BCUT2D eigenvalue weighted by molar-refractivity contribution is 14.1. The van der Waals surface area contributed by atoms with Crippen molar-refractivity contribution in [3.8, 4) is 0 Å². The first-order valence-electron chi connectivity index (χ1n) is 14.4. The molecule has 0 aliphatic rings. The molecule has 0 radical (unpaired) electrons. The molecule has 1 rings (SSSR count). The number of benzene rings is 1. The summed E-state index contributed by atoms with van der Waals surface area (Å²) in [6.07, 6.45) is 1.65. The molecule has 0 unspecified atom stereocenters. The average molecular weight is 704 g/mol. The van der Waals surface area contributed by atoms with Gasteiger partial charge in [0.25, 0.3) is 0 Å². The molecule has 11 heteroatoms. The van der Waals surface area contributed by atoms with Gasteiger partial charge in [-0.1, -0.05) is 12.1 Å². The third-order valence-corrected chi connectivity index (χ3v) is 6.11. The minimum Gasteiger partial charge on any atom is -0.460 e. The van der Waals surface area contributed by atoms with Crippen LogP contribution in [0.1, 0.15) is 100.0 Å². The number of hydrogen-bond acceptors (Lipinski definition) is 8. The summed E-state index contributed by atoms with van der Waals surface area (Å²) >= 11 is 2.27. The summed E-state index contributed by atoms with van der Waals surface area (Å²) < 4.78 is 17.5. The van der Waals surface area contributed by atoms with Crippen molar-refractivity contribution < 1.29 is 33.4 Å². The molecular weight excluding hydrogens is 653 g/mol. The number of halogens is 1. The van der Waals surface area contributed by atoms with Gasteiger partial charge in [-0.2, -0.15) is 0 Å². The molecule has 0 aliphatic carbocycles. The molecule has 0 fully saturated rings. The first-order chi connectivity index (χ1) is 19.2. The van der Waals surface area contributed by atoms with E-state index in [0.717, 1.165) is 19.5 Å². The van der Waals surface area contributed by atoms with Gasteiger partial charge in [-0.25, -0.2) is 14.4 Å². The number of rotatable bonds is 14. The largest absolute Gasteiger partial charge is 0.460 e. The number of carbonyl (C=O) groups excluding carboxylic acids is 4. The van der Waals surface area contributed by atoms with E-state index >= 15 is 0 Å². The summed E-state index contributed by atoms with van der Waals surface area (Å²) in [6.45, 7) is 17.1. The Morgan fingerprint density at radius 2 is 1.19 bits per heavy atom. The smallest absolute Gasteiger partial charge is 0.329 e. The first-order valence-corrected chi connectivity index (χ1v) is 15.5. The van der Waals surface area contributed by atoms with Crippen LogP contribution in [0, 0.1) is 3.57 Å². The Hall–Kier alpha value is -2.41. The molecule has 0 bridgehead atoms. The van der Waals surface area contributed by atoms with Gasteiger partial charge in [-0.05, 0) is 135 Å². The first kappa shape index (κ1) is 37.6. The van der Waals surface area contributed by atoms with Gasteiger partial charge in [0, 0.05) is 16.5 Å². The molecule has 0 aliphatic heterocycles. The molecule has 2 atom stereocenters. The van der Waals surface area contributed by atoms with Crippen molar-refractivity contribution in [1.82, 2.24) is 16.0 Å². The van der Waals surface area contributed by atoms with Crippen LogP contribution in [0.5, 0.6) is 0 Å². The molecule has 42 heavy (non-hydrogen) atoms. The standard InChI is InChI=1S/C31H50IN3O7/c1-29(2,3)40-25(36)18-17-24(27(38)42-31(7,8)9)35-28(39)34-23(26(37)41-30(4,5)6)12-10-11-19-33-20-21-13-15-22(32)16-14-21/h13-16,23-24,33H,10-12,17-20H2,1-9H3,(H2,34,35,39)/t23-,24-/m0/s1. The van der Waals surface area contributed by atoms with E-state index in [9.17, 15) is 19.2 Å². The van der Waals surface area contributed by atoms with Crippen molar-refractivity contribution in [2.24, 2.45) is 0 Å². The minimum atomic E-state index is -1.12. The van der Waals surface area contributed by atoms with E-state index in [-0.39, 0.29) is 12.8 Å². The third kappa shape index (κ3) is 18.2. The predicted molar refractivity (Wildman–Crippen MR) is 171 cm³/mol. The monoisotopic (exact) mass is 703 g/mol. The Labute approximate surface area is 264 Å². The number of carbonyl (C=O) groups is 4. The zero-order valence-electron chi connectivity index (χ0n) is 26.6. The van der Waals surface area contributed by atoms with Gasteiger partial charge in [0.1, 0.15) is 28.9 Å². The molecule has 3 N–H and O–H groups in total. The summed E-state index contributed by atoms with van der Waals surface area (Å²) in [5, 5.41) is 8.64. The van der Waals surface area contributed by atoms with Crippen molar-refractivity contribution in [2.75, 3.05) is 6.54 Å². The number of hydrogen-bond donors (Lipinski definition) is 3. The highest BCUT2D eigenvalue weighted by atomic mass is 127.